The van der Waals surface area contributed by atoms with E-state index in [0.717, 1.165) is 6.20 Å². The zero-order valence-electron chi connectivity index (χ0n) is 10.2. The molecule has 8 heteroatoms. The summed E-state index contributed by atoms with van der Waals surface area (Å²) in [5.74, 6) is -0.734. The molecule has 0 aliphatic heterocycles. The highest BCUT2D eigenvalue weighted by atomic mass is 16.6. The third-order valence-corrected chi connectivity index (χ3v) is 2.67. The van der Waals surface area contributed by atoms with E-state index < -0.39 is 10.9 Å². The molecule has 0 atom stereocenters. The Labute approximate surface area is 107 Å². The van der Waals surface area contributed by atoms with Gasteiger partial charge in [-0.25, -0.2) is 14.5 Å². The third-order valence-electron chi connectivity index (χ3n) is 2.67. The summed E-state index contributed by atoms with van der Waals surface area (Å²) >= 11 is 0. The highest BCUT2D eigenvalue weighted by molar-refractivity contribution is 5.90. The van der Waals surface area contributed by atoms with Crippen molar-refractivity contribution >= 4 is 11.7 Å². The second kappa shape index (κ2) is 4.48. The van der Waals surface area contributed by atoms with Crippen LogP contribution in [0.5, 0.6) is 0 Å². The van der Waals surface area contributed by atoms with Crippen LogP contribution in [0.25, 0.3) is 5.82 Å². The summed E-state index contributed by atoms with van der Waals surface area (Å²) < 4.78 is 1.35. The van der Waals surface area contributed by atoms with E-state index in [1.165, 1.54) is 16.8 Å². The maximum Gasteiger partial charge on any atom is 0.339 e. The zero-order chi connectivity index (χ0) is 14.2. The van der Waals surface area contributed by atoms with Gasteiger partial charge in [0.15, 0.2) is 5.82 Å². The summed E-state index contributed by atoms with van der Waals surface area (Å²) in [7, 11) is 0. The first-order valence-corrected chi connectivity index (χ1v) is 5.32. The largest absolute Gasteiger partial charge is 0.478 e. The van der Waals surface area contributed by atoms with Gasteiger partial charge in [-0.05, 0) is 19.9 Å². The maximum absolute atomic E-state index is 11.1. The number of carbonyl (C=O) groups is 1. The molecule has 0 bridgehead atoms. The van der Waals surface area contributed by atoms with Crippen LogP contribution in [0.3, 0.4) is 0 Å². The Bertz CT molecular complexity index is 660. The Kier molecular flexibility index (Phi) is 2.99. The Balaban J connectivity index is 2.51. The minimum atomic E-state index is -1.07. The van der Waals surface area contributed by atoms with Crippen molar-refractivity contribution in [3.63, 3.8) is 0 Å². The molecule has 8 nitrogen and oxygen atoms in total. The number of rotatable bonds is 3. The van der Waals surface area contributed by atoms with Crippen LogP contribution in [-0.2, 0) is 0 Å². The summed E-state index contributed by atoms with van der Waals surface area (Å²) in [6, 6.07) is 2.71. The SMILES string of the molecule is Cc1nn(-c2ccc([N+](=O)[O-])cn2)c(C)c1C(=O)O. The van der Waals surface area contributed by atoms with Gasteiger partial charge in [-0.1, -0.05) is 0 Å². The Morgan fingerprint density at radius 3 is 2.53 bits per heavy atom. The Hall–Kier alpha value is -2.77. The first kappa shape index (κ1) is 12.7. The van der Waals surface area contributed by atoms with Crippen molar-refractivity contribution in [1.29, 1.82) is 0 Å². The predicted molar refractivity (Wildman–Crippen MR) is 64.4 cm³/mol. The van der Waals surface area contributed by atoms with E-state index in [4.69, 9.17) is 5.11 Å². The van der Waals surface area contributed by atoms with Gasteiger partial charge in [0.2, 0.25) is 0 Å². The Morgan fingerprint density at radius 1 is 1.42 bits per heavy atom. The number of hydrogen-bond acceptors (Lipinski definition) is 5. The molecule has 0 amide bonds. The number of carboxylic acid groups (broad SMARTS) is 1. The number of aryl methyl sites for hydroxylation is 1. The predicted octanol–water partition coefficient (Wildman–Crippen LogP) is 1.49. The molecule has 0 unspecified atom stereocenters. The molecule has 2 aromatic rings. The number of nitrogens with zero attached hydrogens (tertiary/aromatic N) is 4. The van der Waals surface area contributed by atoms with Crippen molar-refractivity contribution in [3.8, 4) is 5.82 Å². The summed E-state index contributed by atoms with van der Waals surface area (Å²) in [5.41, 5.74) is 0.764. The molecule has 0 saturated carbocycles. The minimum absolute atomic E-state index is 0.111. The van der Waals surface area contributed by atoms with Crippen LogP contribution in [-0.4, -0.2) is 30.8 Å². The Morgan fingerprint density at radius 2 is 2.11 bits per heavy atom. The summed E-state index contributed by atoms with van der Waals surface area (Å²) in [6.07, 6.45) is 1.10. The number of carboxylic acids is 1. The van der Waals surface area contributed by atoms with E-state index in [2.05, 4.69) is 10.1 Å². The molecule has 0 fully saturated rings. The third kappa shape index (κ3) is 2.15. The van der Waals surface area contributed by atoms with Gasteiger partial charge in [0.1, 0.15) is 11.8 Å². The second-order valence-corrected chi connectivity index (χ2v) is 3.89. The van der Waals surface area contributed by atoms with Gasteiger partial charge in [0.25, 0.3) is 5.69 Å². The zero-order valence-corrected chi connectivity index (χ0v) is 10.2. The van der Waals surface area contributed by atoms with Crippen molar-refractivity contribution in [2.75, 3.05) is 0 Å². The molecule has 98 valence electrons. The van der Waals surface area contributed by atoms with E-state index in [1.54, 1.807) is 13.8 Å². The van der Waals surface area contributed by atoms with E-state index >= 15 is 0 Å². The van der Waals surface area contributed by atoms with Crippen LogP contribution in [0, 0.1) is 24.0 Å². The molecule has 0 radical (unpaired) electrons. The van der Waals surface area contributed by atoms with Gasteiger partial charge in [0, 0.05) is 6.07 Å². The summed E-state index contributed by atoms with van der Waals surface area (Å²) in [4.78, 5) is 25.0. The van der Waals surface area contributed by atoms with E-state index in [-0.39, 0.29) is 11.3 Å². The van der Waals surface area contributed by atoms with Crippen LogP contribution < -0.4 is 0 Å². The average Bonchev–Trinajstić information content (AvgIpc) is 2.65. The average molecular weight is 262 g/mol. The molecule has 0 aromatic carbocycles. The van der Waals surface area contributed by atoms with E-state index in [9.17, 15) is 14.9 Å². The molecule has 1 N–H and O–H groups in total. The van der Waals surface area contributed by atoms with Crippen molar-refractivity contribution in [1.82, 2.24) is 14.8 Å². The van der Waals surface area contributed by atoms with Gasteiger partial charge in [0.05, 0.1) is 16.3 Å². The van der Waals surface area contributed by atoms with Crippen molar-refractivity contribution in [3.05, 3.63) is 45.4 Å². The van der Waals surface area contributed by atoms with Gasteiger partial charge in [-0.3, -0.25) is 10.1 Å². The van der Waals surface area contributed by atoms with Crippen molar-refractivity contribution in [2.45, 2.75) is 13.8 Å². The fourth-order valence-electron chi connectivity index (χ4n) is 1.79. The lowest BCUT2D eigenvalue weighted by Crippen LogP contribution is -2.04. The fraction of sp³-hybridized carbons (Fsp3) is 0.182. The molecule has 0 aliphatic rings. The van der Waals surface area contributed by atoms with Crippen LogP contribution >= 0.6 is 0 Å². The molecule has 19 heavy (non-hydrogen) atoms. The molecular formula is C11H10N4O4. The summed E-state index contributed by atoms with van der Waals surface area (Å²) in [5, 5.41) is 23.7. The lowest BCUT2D eigenvalue weighted by atomic mass is 10.2. The topological polar surface area (TPSA) is 111 Å². The quantitative estimate of drug-likeness (QED) is 0.662. The van der Waals surface area contributed by atoms with Gasteiger partial charge in [-0.15, -0.1) is 0 Å². The molecular weight excluding hydrogens is 252 g/mol. The molecule has 2 heterocycles. The van der Waals surface area contributed by atoms with E-state index in [1.807, 2.05) is 0 Å². The first-order valence-electron chi connectivity index (χ1n) is 5.32. The molecule has 0 spiro atoms. The minimum Gasteiger partial charge on any atom is -0.478 e. The highest BCUT2D eigenvalue weighted by Gasteiger charge is 2.19. The molecule has 2 rings (SSSR count). The van der Waals surface area contributed by atoms with E-state index in [0.29, 0.717) is 17.2 Å². The molecule has 0 saturated heterocycles. The normalized spacial score (nSPS) is 10.4. The van der Waals surface area contributed by atoms with Gasteiger partial charge >= 0.3 is 5.97 Å². The lowest BCUT2D eigenvalue weighted by molar-refractivity contribution is -0.385. The van der Waals surface area contributed by atoms with Crippen molar-refractivity contribution in [2.24, 2.45) is 0 Å². The van der Waals surface area contributed by atoms with Crippen molar-refractivity contribution < 1.29 is 14.8 Å². The number of pyridine rings is 1. The number of aromatic carboxylic acids is 1. The number of hydrogen-bond donors (Lipinski definition) is 1. The lowest BCUT2D eigenvalue weighted by Gasteiger charge is -2.02. The van der Waals surface area contributed by atoms with Crippen LogP contribution in [0.2, 0.25) is 0 Å². The molecule has 0 aliphatic carbocycles. The first-order chi connectivity index (χ1) is 8.91. The van der Waals surface area contributed by atoms with Gasteiger partial charge in [-0.2, -0.15) is 5.10 Å². The number of aromatic nitrogens is 3. The molecule has 2 aromatic heterocycles. The summed E-state index contributed by atoms with van der Waals surface area (Å²) in [6.45, 7) is 3.19. The van der Waals surface area contributed by atoms with Crippen LogP contribution in [0.1, 0.15) is 21.7 Å². The number of nitro groups is 1. The van der Waals surface area contributed by atoms with Crippen LogP contribution in [0.15, 0.2) is 18.3 Å². The van der Waals surface area contributed by atoms with Crippen LogP contribution in [0.4, 0.5) is 5.69 Å². The standard InChI is InChI=1S/C11H10N4O4/c1-6-10(11(16)17)7(2)14(13-6)9-4-3-8(5-12-9)15(18)19/h3-5H,1-2H3,(H,16,17). The maximum atomic E-state index is 11.1. The second-order valence-electron chi connectivity index (χ2n) is 3.89. The smallest absolute Gasteiger partial charge is 0.339 e. The van der Waals surface area contributed by atoms with Gasteiger partial charge < -0.3 is 5.11 Å². The highest BCUT2D eigenvalue weighted by Crippen LogP contribution is 2.18. The monoisotopic (exact) mass is 262 g/mol. The fourth-order valence-corrected chi connectivity index (χ4v) is 1.79.